The molecule has 0 amide bonds. The third-order valence-corrected chi connectivity index (χ3v) is 5.33. The maximum absolute atomic E-state index is 2.30. The average molecular weight is 286 g/mol. The van der Waals surface area contributed by atoms with Gasteiger partial charge in [0.2, 0.25) is 0 Å². The zero-order valence-corrected chi connectivity index (χ0v) is 14.8. The predicted molar refractivity (Wildman–Crippen MR) is 94.0 cm³/mol. The van der Waals surface area contributed by atoms with Crippen LogP contribution in [0.4, 0.5) is 0 Å². The third-order valence-electron chi connectivity index (χ3n) is 3.91. The molecule has 0 aliphatic heterocycles. The van der Waals surface area contributed by atoms with Crippen molar-refractivity contribution < 1.29 is 0 Å². The van der Waals surface area contributed by atoms with Crippen LogP contribution in [0, 0.1) is 0 Å². The monoisotopic (exact) mass is 286 g/mol. The standard InChI is InChI=1S/C18H39P/c1-3-5-7-8-9-10-11-12-13-14-15-16-18-19-17-6-4-2/h19H,3-18H2,1-2H3. The number of rotatable bonds is 16. The van der Waals surface area contributed by atoms with E-state index in [2.05, 4.69) is 13.8 Å². The van der Waals surface area contributed by atoms with Crippen molar-refractivity contribution in [1.82, 2.24) is 0 Å². The zero-order chi connectivity index (χ0) is 14.0. The molecule has 0 nitrogen and oxygen atoms in total. The molecular weight excluding hydrogens is 247 g/mol. The molecule has 0 bridgehead atoms. The van der Waals surface area contributed by atoms with E-state index >= 15 is 0 Å². The van der Waals surface area contributed by atoms with Gasteiger partial charge in [0.05, 0.1) is 0 Å². The Balaban J connectivity index is 2.88. The van der Waals surface area contributed by atoms with Crippen LogP contribution >= 0.6 is 8.58 Å². The highest BCUT2D eigenvalue weighted by atomic mass is 31.1. The van der Waals surface area contributed by atoms with Crippen molar-refractivity contribution in [3.8, 4) is 0 Å². The molecule has 0 aromatic heterocycles. The van der Waals surface area contributed by atoms with Crippen molar-refractivity contribution >= 4 is 8.58 Å². The lowest BCUT2D eigenvalue weighted by molar-refractivity contribution is 0.548. The van der Waals surface area contributed by atoms with E-state index in [9.17, 15) is 0 Å². The van der Waals surface area contributed by atoms with E-state index in [0.717, 1.165) is 0 Å². The summed E-state index contributed by atoms with van der Waals surface area (Å²) < 4.78 is 0. The van der Waals surface area contributed by atoms with Gasteiger partial charge in [-0.05, 0) is 25.2 Å². The minimum absolute atomic E-state index is 1.25. The first-order valence-corrected chi connectivity index (χ1v) is 10.5. The summed E-state index contributed by atoms with van der Waals surface area (Å²) in [7, 11) is 1.25. The first-order chi connectivity index (χ1) is 9.41. The number of unbranched alkanes of at least 4 members (excludes halogenated alkanes) is 12. The molecule has 0 radical (unpaired) electrons. The molecule has 0 aliphatic rings. The Morgan fingerprint density at radius 3 is 1.26 bits per heavy atom. The van der Waals surface area contributed by atoms with Gasteiger partial charge in [-0.1, -0.05) is 90.9 Å². The van der Waals surface area contributed by atoms with Gasteiger partial charge < -0.3 is 0 Å². The molecular formula is C18H39P. The first kappa shape index (κ1) is 19.4. The fourth-order valence-corrected chi connectivity index (χ4v) is 3.87. The molecule has 1 atom stereocenters. The van der Waals surface area contributed by atoms with Crippen molar-refractivity contribution in [2.24, 2.45) is 0 Å². The van der Waals surface area contributed by atoms with Crippen molar-refractivity contribution in [2.45, 2.75) is 104 Å². The van der Waals surface area contributed by atoms with E-state index in [-0.39, 0.29) is 0 Å². The molecule has 0 saturated heterocycles. The van der Waals surface area contributed by atoms with E-state index in [0.29, 0.717) is 0 Å². The molecule has 1 unspecified atom stereocenters. The van der Waals surface area contributed by atoms with Crippen LogP contribution in [0.2, 0.25) is 0 Å². The Kier molecular flexibility index (Phi) is 18.8. The lowest BCUT2D eigenvalue weighted by Crippen LogP contribution is -1.84. The quantitative estimate of drug-likeness (QED) is 0.208. The van der Waals surface area contributed by atoms with Gasteiger partial charge in [0, 0.05) is 0 Å². The number of hydrogen-bond donors (Lipinski definition) is 0. The summed E-state index contributed by atoms with van der Waals surface area (Å²) in [5.74, 6) is 0. The summed E-state index contributed by atoms with van der Waals surface area (Å²) in [5.41, 5.74) is 0. The molecule has 0 rings (SSSR count). The molecule has 1 heteroatoms. The minimum Gasteiger partial charge on any atom is -0.122 e. The summed E-state index contributed by atoms with van der Waals surface area (Å²) in [6.45, 7) is 4.60. The highest BCUT2D eigenvalue weighted by Gasteiger charge is 1.93. The lowest BCUT2D eigenvalue weighted by Gasteiger charge is -2.03. The van der Waals surface area contributed by atoms with Crippen molar-refractivity contribution in [1.29, 1.82) is 0 Å². The van der Waals surface area contributed by atoms with Crippen LogP contribution in [0.25, 0.3) is 0 Å². The maximum Gasteiger partial charge on any atom is -0.0353 e. The largest absolute Gasteiger partial charge is 0.122 e. The smallest absolute Gasteiger partial charge is 0.0353 e. The topological polar surface area (TPSA) is 0 Å². The van der Waals surface area contributed by atoms with Gasteiger partial charge >= 0.3 is 0 Å². The van der Waals surface area contributed by atoms with Gasteiger partial charge in [-0.3, -0.25) is 0 Å². The van der Waals surface area contributed by atoms with Crippen LogP contribution in [0.1, 0.15) is 104 Å². The van der Waals surface area contributed by atoms with Crippen LogP contribution in [0.5, 0.6) is 0 Å². The van der Waals surface area contributed by atoms with Gasteiger partial charge in [-0.2, -0.15) is 0 Å². The molecule has 0 aliphatic carbocycles. The second-order valence-corrected chi connectivity index (χ2v) is 7.49. The molecule has 0 N–H and O–H groups in total. The SMILES string of the molecule is CCCCCCCCCCCCCCPCCCC. The van der Waals surface area contributed by atoms with Crippen LogP contribution in [0.3, 0.4) is 0 Å². The van der Waals surface area contributed by atoms with Gasteiger partial charge in [-0.15, -0.1) is 8.58 Å². The highest BCUT2D eigenvalue weighted by molar-refractivity contribution is 7.37. The third kappa shape index (κ3) is 18.4. The summed E-state index contributed by atoms with van der Waals surface area (Å²) in [4.78, 5) is 0. The fraction of sp³-hybridized carbons (Fsp3) is 1.00. The minimum atomic E-state index is 1.25. The highest BCUT2D eigenvalue weighted by Crippen LogP contribution is 2.17. The molecule has 0 fully saturated rings. The van der Waals surface area contributed by atoms with Gasteiger partial charge in [0.25, 0.3) is 0 Å². The summed E-state index contributed by atoms with van der Waals surface area (Å²) in [6, 6.07) is 0. The van der Waals surface area contributed by atoms with E-state index in [1.54, 1.807) is 0 Å². The average Bonchev–Trinajstić information content (AvgIpc) is 2.43. The van der Waals surface area contributed by atoms with Gasteiger partial charge in [-0.25, -0.2) is 0 Å². The van der Waals surface area contributed by atoms with Crippen LogP contribution in [-0.2, 0) is 0 Å². The van der Waals surface area contributed by atoms with E-state index in [1.165, 1.54) is 111 Å². The van der Waals surface area contributed by atoms with Crippen molar-refractivity contribution in [3.63, 3.8) is 0 Å². The van der Waals surface area contributed by atoms with Crippen LogP contribution in [-0.4, -0.2) is 12.3 Å². The zero-order valence-electron chi connectivity index (χ0n) is 13.8. The molecule has 0 saturated carbocycles. The molecule has 19 heavy (non-hydrogen) atoms. The summed E-state index contributed by atoms with van der Waals surface area (Å²) in [5, 5.41) is 0. The fourth-order valence-electron chi connectivity index (χ4n) is 2.52. The Bertz CT molecular complexity index is 129. The maximum atomic E-state index is 2.30. The Morgan fingerprint density at radius 1 is 0.421 bits per heavy atom. The van der Waals surface area contributed by atoms with Gasteiger partial charge in [0.1, 0.15) is 0 Å². The Hall–Kier alpha value is 0.430. The normalized spacial score (nSPS) is 11.7. The molecule has 116 valence electrons. The van der Waals surface area contributed by atoms with E-state index in [4.69, 9.17) is 0 Å². The lowest BCUT2D eigenvalue weighted by atomic mass is 10.1. The van der Waals surface area contributed by atoms with E-state index in [1.807, 2.05) is 0 Å². The molecule has 0 spiro atoms. The van der Waals surface area contributed by atoms with Crippen molar-refractivity contribution in [3.05, 3.63) is 0 Å². The molecule has 0 heterocycles. The van der Waals surface area contributed by atoms with E-state index < -0.39 is 0 Å². The second kappa shape index (κ2) is 18.4. The Morgan fingerprint density at radius 2 is 0.789 bits per heavy atom. The number of hydrogen-bond acceptors (Lipinski definition) is 0. The first-order valence-electron chi connectivity index (χ1n) is 9.12. The molecule has 0 aromatic rings. The van der Waals surface area contributed by atoms with Crippen LogP contribution < -0.4 is 0 Å². The summed E-state index contributed by atoms with van der Waals surface area (Å²) >= 11 is 0. The molecule has 0 aromatic carbocycles. The van der Waals surface area contributed by atoms with Gasteiger partial charge in [0.15, 0.2) is 0 Å². The van der Waals surface area contributed by atoms with Crippen LogP contribution in [0.15, 0.2) is 0 Å². The Labute approximate surface area is 125 Å². The predicted octanol–water partition coefficient (Wildman–Crippen LogP) is 7.17. The van der Waals surface area contributed by atoms with Crippen molar-refractivity contribution in [2.75, 3.05) is 12.3 Å². The summed E-state index contributed by atoms with van der Waals surface area (Å²) in [6.07, 6.45) is 23.5. The second-order valence-electron chi connectivity index (χ2n) is 5.99.